The minimum Gasteiger partial charge on any atom is -0.461 e. The van der Waals surface area contributed by atoms with Crippen molar-refractivity contribution in [2.75, 3.05) is 6.61 Å². The molecule has 0 aromatic heterocycles. The average molecular weight is 152 g/mol. The highest BCUT2D eigenvalue weighted by molar-refractivity contribution is 5.71. The maximum absolute atomic E-state index is 10.9. The quantitative estimate of drug-likeness (QED) is 0.390. The molecule has 2 heteroatoms. The van der Waals surface area contributed by atoms with Crippen LogP contribution in [0.5, 0.6) is 0 Å². The van der Waals surface area contributed by atoms with Crippen LogP contribution in [0.3, 0.4) is 0 Å². The van der Waals surface area contributed by atoms with Crippen molar-refractivity contribution in [3.8, 4) is 0 Å². The van der Waals surface area contributed by atoms with E-state index in [0.29, 0.717) is 18.9 Å². The van der Waals surface area contributed by atoms with Crippen LogP contribution >= 0.6 is 0 Å². The van der Waals surface area contributed by atoms with Crippen LogP contribution in [0, 0.1) is 5.92 Å². The summed E-state index contributed by atoms with van der Waals surface area (Å²) in [5, 5.41) is 0. The Morgan fingerprint density at radius 2 is 2.45 bits per heavy atom. The van der Waals surface area contributed by atoms with Gasteiger partial charge in [0.25, 0.3) is 0 Å². The van der Waals surface area contributed by atoms with Crippen LogP contribution in [0.25, 0.3) is 0 Å². The molecule has 0 bridgehead atoms. The van der Waals surface area contributed by atoms with Crippen molar-refractivity contribution in [2.24, 2.45) is 5.92 Å². The SMILES string of the molecule is O=C1CC2CCCC=C2CO1. The first-order chi connectivity index (χ1) is 5.36. The number of carbonyl (C=O) groups excluding carboxylic acids is 1. The van der Waals surface area contributed by atoms with Crippen molar-refractivity contribution in [2.45, 2.75) is 25.7 Å². The molecule has 2 rings (SSSR count). The Morgan fingerprint density at radius 3 is 3.36 bits per heavy atom. The zero-order chi connectivity index (χ0) is 7.68. The van der Waals surface area contributed by atoms with Crippen molar-refractivity contribution in [3.05, 3.63) is 11.6 Å². The van der Waals surface area contributed by atoms with E-state index in [-0.39, 0.29) is 5.97 Å². The van der Waals surface area contributed by atoms with Gasteiger partial charge in [-0.1, -0.05) is 6.08 Å². The number of allylic oxidation sites excluding steroid dienone is 1. The summed E-state index contributed by atoms with van der Waals surface area (Å²) in [6, 6.07) is 0. The number of hydrogen-bond acceptors (Lipinski definition) is 2. The van der Waals surface area contributed by atoms with Crippen molar-refractivity contribution in [3.63, 3.8) is 0 Å². The monoisotopic (exact) mass is 152 g/mol. The topological polar surface area (TPSA) is 26.3 Å². The van der Waals surface area contributed by atoms with Crippen LogP contribution in [0.1, 0.15) is 25.7 Å². The van der Waals surface area contributed by atoms with Crippen molar-refractivity contribution in [1.82, 2.24) is 0 Å². The summed E-state index contributed by atoms with van der Waals surface area (Å²) >= 11 is 0. The van der Waals surface area contributed by atoms with Gasteiger partial charge in [-0.25, -0.2) is 0 Å². The fraction of sp³-hybridized carbons (Fsp3) is 0.667. The first kappa shape index (κ1) is 6.89. The van der Waals surface area contributed by atoms with Crippen LogP contribution in [0.2, 0.25) is 0 Å². The molecule has 0 radical (unpaired) electrons. The molecule has 2 aliphatic rings. The van der Waals surface area contributed by atoms with Gasteiger partial charge in [-0.15, -0.1) is 0 Å². The molecule has 0 saturated carbocycles. The lowest BCUT2D eigenvalue weighted by atomic mass is 9.84. The fourth-order valence-corrected chi connectivity index (χ4v) is 1.84. The second-order valence-electron chi connectivity index (χ2n) is 3.27. The predicted molar refractivity (Wildman–Crippen MR) is 41.0 cm³/mol. The number of hydrogen-bond donors (Lipinski definition) is 0. The van der Waals surface area contributed by atoms with Gasteiger partial charge in [-0.3, -0.25) is 4.79 Å². The second kappa shape index (κ2) is 2.68. The van der Waals surface area contributed by atoms with E-state index in [4.69, 9.17) is 4.74 Å². The average Bonchev–Trinajstić information content (AvgIpc) is 2.04. The van der Waals surface area contributed by atoms with Gasteiger partial charge in [0.05, 0.1) is 6.42 Å². The molecule has 11 heavy (non-hydrogen) atoms. The fourth-order valence-electron chi connectivity index (χ4n) is 1.84. The van der Waals surface area contributed by atoms with Crippen LogP contribution in [-0.2, 0) is 9.53 Å². The standard InChI is InChI=1S/C9H12O2/c10-9-5-7-3-1-2-4-8(7)6-11-9/h4,7H,1-3,5-6H2. The minimum absolute atomic E-state index is 0.0194. The maximum atomic E-state index is 10.9. The van der Waals surface area contributed by atoms with Crippen LogP contribution in [0.4, 0.5) is 0 Å². The molecule has 60 valence electrons. The Bertz CT molecular complexity index is 206. The lowest BCUT2D eigenvalue weighted by molar-refractivity contribution is -0.146. The molecule has 1 unspecified atom stereocenters. The summed E-state index contributed by atoms with van der Waals surface area (Å²) in [5.41, 5.74) is 1.36. The molecule has 0 aromatic carbocycles. The number of carbonyl (C=O) groups is 1. The number of fused-ring (bicyclic) bond motifs is 1. The largest absolute Gasteiger partial charge is 0.461 e. The molecule has 0 N–H and O–H groups in total. The molecule has 0 aromatic rings. The van der Waals surface area contributed by atoms with Gasteiger partial charge in [0, 0.05) is 0 Å². The molecule has 2 nitrogen and oxygen atoms in total. The van der Waals surface area contributed by atoms with Crippen LogP contribution in [-0.4, -0.2) is 12.6 Å². The first-order valence-corrected chi connectivity index (χ1v) is 4.21. The minimum atomic E-state index is -0.0194. The highest BCUT2D eigenvalue weighted by atomic mass is 16.5. The molecular weight excluding hydrogens is 140 g/mol. The zero-order valence-corrected chi connectivity index (χ0v) is 6.51. The molecule has 0 spiro atoms. The highest BCUT2D eigenvalue weighted by Gasteiger charge is 2.26. The molecule has 1 fully saturated rings. The van der Waals surface area contributed by atoms with E-state index in [2.05, 4.69) is 6.08 Å². The molecule has 1 aliphatic carbocycles. The predicted octanol–water partition coefficient (Wildman–Crippen LogP) is 1.66. The van der Waals surface area contributed by atoms with Gasteiger partial charge in [0.15, 0.2) is 0 Å². The molecule has 1 heterocycles. The van der Waals surface area contributed by atoms with E-state index in [1.807, 2.05) is 0 Å². The van der Waals surface area contributed by atoms with E-state index in [9.17, 15) is 4.79 Å². The van der Waals surface area contributed by atoms with Gasteiger partial charge in [0.2, 0.25) is 0 Å². The smallest absolute Gasteiger partial charge is 0.306 e. The van der Waals surface area contributed by atoms with Gasteiger partial charge in [-0.2, -0.15) is 0 Å². The zero-order valence-electron chi connectivity index (χ0n) is 6.51. The Kier molecular flexibility index (Phi) is 1.68. The summed E-state index contributed by atoms with van der Waals surface area (Å²) < 4.78 is 4.94. The number of esters is 1. The third kappa shape index (κ3) is 1.30. The van der Waals surface area contributed by atoms with Crippen LogP contribution in [0.15, 0.2) is 11.6 Å². The van der Waals surface area contributed by atoms with Gasteiger partial charge in [-0.05, 0) is 30.8 Å². The molecule has 1 saturated heterocycles. The molecule has 1 aliphatic heterocycles. The normalized spacial score (nSPS) is 30.4. The number of cyclic esters (lactones) is 1. The van der Waals surface area contributed by atoms with Gasteiger partial charge >= 0.3 is 5.97 Å². The Hall–Kier alpha value is -0.790. The highest BCUT2D eigenvalue weighted by Crippen LogP contribution is 2.30. The number of rotatable bonds is 0. The molecule has 1 atom stereocenters. The summed E-state index contributed by atoms with van der Waals surface area (Å²) in [6.45, 7) is 0.559. The summed E-state index contributed by atoms with van der Waals surface area (Å²) in [7, 11) is 0. The maximum Gasteiger partial charge on any atom is 0.306 e. The van der Waals surface area contributed by atoms with E-state index >= 15 is 0 Å². The Labute approximate surface area is 66.2 Å². The third-order valence-corrected chi connectivity index (χ3v) is 2.50. The Morgan fingerprint density at radius 1 is 1.55 bits per heavy atom. The van der Waals surface area contributed by atoms with Crippen molar-refractivity contribution >= 4 is 5.97 Å². The summed E-state index contributed by atoms with van der Waals surface area (Å²) in [5.74, 6) is 0.499. The van der Waals surface area contributed by atoms with Crippen molar-refractivity contribution < 1.29 is 9.53 Å². The van der Waals surface area contributed by atoms with Crippen molar-refractivity contribution in [1.29, 1.82) is 0 Å². The lowest BCUT2D eigenvalue weighted by Crippen LogP contribution is -2.25. The summed E-state index contributed by atoms with van der Waals surface area (Å²) in [6.07, 6.45) is 6.44. The van der Waals surface area contributed by atoms with Crippen LogP contribution < -0.4 is 0 Å². The van der Waals surface area contributed by atoms with E-state index in [1.54, 1.807) is 0 Å². The number of ether oxygens (including phenoxy) is 1. The Balaban J connectivity index is 2.12. The van der Waals surface area contributed by atoms with Gasteiger partial charge in [0.1, 0.15) is 6.61 Å². The first-order valence-electron chi connectivity index (χ1n) is 4.21. The molecule has 0 amide bonds. The lowest BCUT2D eigenvalue weighted by Gasteiger charge is -2.27. The third-order valence-electron chi connectivity index (χ3n) is 2.50. The molecular formula is C9H12O2. The van der Waals surface area contributed by atoms with E-state index in [1.165, 1.54) is 24.8 Å². The second-order valence-corrected chi connectivity index (χ2v) is 3.27. The van der Waals surface area contributed by atoms with Gasteiger partial charge < -0.3 is 4.74 Å². The summed E-state index contributed by atoms with van der Waals surface area (Å²) in [4.78, 5) is 10.9. The van der Waals surface area contributed by atoms with E-state index < -0.39 is 0 Å². The van der Waals surface area contributed by atoms with E-state index in [0.717, 1.165) is 0 Å².